The minimum Gasteiger partial charge on any atom is -0.497 e. The van der Waals surface area contributed by atoms with Crippen molar-refractivity contribution in [3.05, 3.63) is 52.5 Å². The SMILES string of the molecule is COc1cccc(N2CC[NH+](CC(=O)Nc3ccc(Cl)cc3Cl)CC2)c1. The van der Waals surface area contributed by atoms with Gasteiger partial charge in [0.2, 0.25) is 0 Å². The molecule has 1 aliphatic rings. The minimum absolute atomic E-state index is 0.0425. The Morgan fingerprint density at radius 1 is 1.19 bits per heavy atom. The van der Waals surface area contributed by atoms with Crippen molar-refractivity contribution in [3.8, 4) is 5.75 Å². The van der Waals surface area contributed by atoms with Crippen LogP contribution in [0.4, 0.5) is 11.4 Å². The van der Waals surface area contributed by atoms with Gasteiger partial charge in [-0.1, -0.05) is 29.3 Å². The number of halogens is 2. The van der Waals surface area contributed by atoms with Gasteiger partial charge < -0.3 is 19.9 Å². The first-order chi connectivity index (χ1) is 12.5. The van der Waals surface area contributed by atoms with Gasteiger partial charge in [0, 0.05) is 16.8 Å². The van der Waals surface area contributed by atoms with Crippen molar-refractivity contribution < 1.29 is 14.4 Å². The molecule has 26 heavy (non-hydrogen) atoms. The van der Waals surface area contributed by atoms with Crippen LogP contribution in [0.5, 0.6) is 5.75 Å². The van der Waals surface area contributed by atoms with E-state index in [1.165, 1.54) is 4.90 Å². The van der Waals surface area contributed by atoms with Gasteiger partial charge in [0.05, 0.1) is 44.0 Å². The Hall–Kier alpha value is -1.95. The first-order valence-corrected chi connectivity index (χ1v) is 9.28. The zero-order chi connectivity index (χ0) is 18.5. The number of nitrogens with one attached hydrogen (secondary N) is 2. The topological polar surface area (TPSA) is 46.0 Å². The zero-order valence-corrected chi connectivity index (χ0v) is 16.1. The van der Waals surface area contributed by atoms with Crippen LogP contribution in [0.15, 0.2) is 42.5 Å². The second-order valence-electron chi connectivity index (χ2n) is 6.29. The standard InChI is InChI=1S/C19H21Cl2N3O2/c1-26-16-4-2-3-15(12-16)24-9-7-23(8-10-24)13-19(25)22-18-6-5-14(20)11-17(18)21/h2-6,11-12H,7-10,13H2,1H3,(H,22,25)/p+1. The highest BCUT2D eigenvalue weighted by molar-refractivity contribution is 6.36. The van der Waals surface area contributed by atoms with E-state index in [1.54, 1.807) is 25.3 Å². The molecule has 2 aromatic rings. The van der Waals surface area contributed by atoms with Crippen LogP contribution >= 0.6 is 23.2 Å². The van der Waals surface area contributed by atoms with E-state index in [4.69, 9.17) is 27.9 Å². The van der Waals surface area contributed by atoms with Crippen LogP contribution in [0.25, 0.3) is 0 Å². The molecule has 7 heteroatoms. The van der Waals surface area contributed by atoms with Gasteiger partial charge in [0.15, 0.2) is 6.54 Å². The van der Waals surface area contributed by atoms with Gasteiger partial charge in [-0.25, -0.2) is 0 Å². The fourth-order valence-corrected chi connectivity index (χ4v) is 3.53. The Morgan fingerprint density at radius 3 is 2.65 bits per heavy atom. The minimum atomic E-state index is -0.0425. The molecular weight excluding hydrogens is 373 g/mol. The molecule has 0 atom stereocenters. The maximum absolute atomic E-state index is 12.3. The van der Waals surface area contributed by atoms with Crippen LogP contribution in [0, 0.1) is 0 Å². The van der Waals surface area contributed by atoms with Crippen LogP contribution < -0.4 is 19.9 Å². The van der Waals surface area contributed by atoms with Crippen LogP contribution in [-0.4, -0.2) is 45.7 Å². The summed E-state index contributed by atoms with van der Waals surface area (Å²) >= 11 is 12.0. The number of nitrogens with zero attached hydrogens (tertiary/aromatic N) is 1. The Morgan fingerprint density at radius 2 is 1.96 bits per heavy atom. The van der Waals surface area contributed by atoms with Crippen molar-refractivity contribution >= 4 is 40.5 Å². The molecule has 0 radical (unpaired) electrons. The lowest BCUT2D eigenvalue weighted by molar-refractivity contribution is -0.892. The second-order valence-corrected chi connectivity index (χ2v) is 7.13. The van der Waals surface area contributed by atoms with Gasteiger partial charge in [0.1, 0.15) is 5.75 Å². The van der Waals surface area contributed by atoms with Gasteiger partial charge >= 0.3 is 0 Å². The number of quaternary nitrogens is 1. The molecule has 0 unspecified atom stereocenters. The molecule has 2 N–H and O–H groups in total. The molecular formula is C19H22Cl2N3O2+. The number of ether oxygens (including phenoxy) is 1. The van der Waals surface area contributed by atoms with E-state index in [-0.39, 0.29) is 5.91 Å². The number of carbonyl (C=O) groups excluding carboxylic acids is 1. The quantitative estimate of drug-likeness (QED) is 0.817. The molecule has 1 saturated heterocycles. The summed E-state index contributed by atoms with van der Waals surface area (Å²) in [5.41, 5.74) is 1.75. The number of hydrogen-bond donors (Lipinski definition) is 2. The molecule has 0 saturated carbocycles. The lowest BCUT2D eigenvalue weighted by atomic mass is 10.2. The van der Waals surface area contributed by atoms with Crippen molar-refractivity contribution in [2.45, 2.75) is 0 Å². The predicted molar refractivity (Wildman–Crippen MR) is 106 cm³/mol. The van der Waals surface area contributed by atoms with Gasteiger partial charge in [-0.05, 0) is 30.3 Å². The Kier molecular flexibility index (Phi) is 6.25. The predicted octanol–water partition coefficient (Wildman–Crippen LogP) is 2.35. The van der Waals surface area contributed by atoms with E-state index in [0.717, 1.165) is 37.6 Å². The fraction of sp³-hybridized carbons (Fsp3) is 0.316. The number of amides is 1. The molecule has 3 rings (SSSR count). The van der Waals surface area contributed by atoms with Crippen LogP contribution in [0.3, 0.4) is 0 Å². The number of benzene rings is 2. The third kappa shape index (κ3) is 4.81. The van der Waals surface area contributed by atoms with Gasteiger partial charge in [-0.3, -0.25) is 4.79 Å². The number of hydrogen-bond acceptors (Lipinski definition) is 3. The molecule has 1 amide bonds. The van der Waals surface area contributed by atoms with Crippen LogP contribution in [-0.2, 0) is 4.79 Å². The van der Waals surface area contributed by atoms with Gasteiger partial charge in [-0.15, -0.1) is 0 Å². The Bertz CT molecular complexity index is 777. The highest BCUT2D eigenvalue weighted by atomic mass is 35.5. The number of piperazine rings is 1. The zero-order valence-electron chi connectivity index (χ0n) is 14.6. The molecule has 0 bridgehead atoms. The molecule has 0 aliphatic carbocycles. The summed E-state index contributed by atoms with van der Waals surface area (Å²) in [5, 5.41) is 3.86. The number of carbonyl (C=O) groups is 1. The first kappa shape index (κ1) is 18.8. The van der Waals surface area contributed by atoms with Crippen LogP contribution in [0.1, 0.15) is 0 Å². The monoisotopic (exact) mass is 394 g/mol. The smallest absolute Gasteiger partial charge is 0.279 e. The first-order valence-electron chi connectivity index (χ1n) is 8.52. The third-order valence-corrected chi connectivity index (χ3v) is 5.05. The van der Waals surface area contributed by atoms with Crippen LogP contribution in [0.2, 0.25) is 10.0 Å². The molecule has 5 nitrogen and oxygen atoms in total. The summed E-state index contributed by atoms with van der Waals surface area (Å²) in [6.07, 6.45) is 0. The summed E-state index contributed by atoms with van der Waals surface area (Å²) in [5.74, 6) is 0.815. The Labute approximate surface area is 163 Å². The number of rotatable bonds is 5. The second kappa shape index (κ2) is 8.62. The largest absolute Gasteiger partial charge is 0.497 e. The molecule has 0 spiro atoms. The van der Waals surface area contributed by atoms with Crippen molar-refractivity contribution in [2.24, 2.45) is 0 Å². The van der Waals surface area contributed by atoms with Gasteiger partial charge in [-0.2, -0.15) is 0 Å². The molecule has 1 aliphatic heterocycles. The molecule has 1 heterocycles. The number of methoxy groups -OCH3 is 1. The van der Waals surface area contributed by atoms with E-state index in [1.807, 2.05) is 18.2 Å². The lowest BCUT2D eigenvalue weighted by Crippen LogP contribution is -3.15. The summed E-state index contributed by atoms with van der Waals surface area (Å²) in [6.45, 7) is 4.03. The maximum atomic E-state index is 12.3. The molecule has 0 aromatic heterocycles. The van der Waals surface area contributed by atoms with Gasteiger partial charge in [0.25, 0.3) is 5.91 Å². The fourth-order valence-electron chi connectivity index (χ4n) is 3.08. The van der Waals surface area contributed by atoms with Crippen molar-refractivity contribution in [2.75, 3.05) is 50.1 Å². The average molecular weight is 395 g/mol. The normalized spacial score (nSPS) is 15.0. The van der Waals surface area contributed by atoms with Crippen molar-refractivity contribution in [3.63, 3.8) is 0 Å². The maximum Gasteiger partial charge on any atom is 0.279 e. The molecule has 2 aromatic carbocycles. The number of anilines is 2. The highest BCUT2D eigenvalue weighted by Gasteiger charge is 2.23. The molecule has 138 valence electrons. The highest BCUT2D eigenvalue weighted by Crippen LogP contribution is 2.25. The average Bonchev–Trinajstić information content (AvgIpc) is 2.65. The van der Waals surface area contributed by atoms with E-state index >= 15 is 0 Å². The summed E-state index contributed by atoms with van der Waals surface area (Å²) < 4.78 is 5.29. The van der Waals surface area contributed by atoms with Crippen molar-refractivity contribution in [1.82, 2.24) is 0 Å². The lowest BCUT2D eigenvalue weighted by Gasteiger charge is -2.33. The summed E-state index contributed by atoms with van der Waals surface area (Å²) in [4.78, 5) is 15.9. The Balaban J connectivity index is 1.51. The van der Waals surface area contributed by atoms with E-state index < -0.39 is 0 Å². The third-order valence-electron chi connectivity index (χ3n) is 4.50. The van der Waals surface area contributed by atoms with E-state index in [0.29, 0.717) is 22.3 Å². The summed E-state index contributed by atoms with van der Waals surface area (Å²) in [7, 11) is 1.67. The van der Waals surface area contributed by atoms with E-state index in [2.05, 4.69) is 16.3 Å². The molecule has 1 fully saturated rings. The van der Waals surface area contributed by atoms with E-state index in [9.17, 15) is 4.79 Å². The summed E-state index contributed by atoms with van der Waals surface area (Å²) in [6, 6.07) is 13.1. The van der Waals surface area contributed by atoms with Crippen molar-refractivity contribution in [1.29, 1.82) is 0 Å².